The number of rotatable bonds is 3. The van der Waals surface area contributed by atoms with Crippen molar-refractivity contribution < 1.29 is 13.9 Å². The minimum Gasteiger partial charge on any atom is -0.388 e. The number of halogens is 2. The number of imidazole rings is 1. The fraction of sp³-hybridized carbons (Fsp3) is 0.625. The summed E-state index contributed by atoms with van der Waals surface area (Å²) < 4.78 is 27.0. The Hall–Kier alpha value is -0.970. The molecule has 1 heterocycles. The number of aliphatic hydroxyl groups excluding tert-OH is 1. The Morgan fingerprint density at radius 3 is 2.77 bits per heavy atom. The maximum Gasteiger partial charge on any atom is 0.265 e. The van der Waals surface area contributed by atoms with Gasteiger partial charge >= 0.3 is 0 Å². The molecule has 0 fully saturated rings. The van der Waals surface area contributed by atoms with Gasteiger partial charge in [-0.15, -0.1) is 0 Å². The van der Waals surface area contributed by atoms with E-state index in [9.17, 15) is 8.78 Å². The van der Waals surface area contributed by atoms with Crippen molar-refractivity contribution in [3.05, 3.63) is 18.2 Å². The van der Waals surface area contributed by atoms with Gasteiger partial charge in [0.15, 0.2) is 0 Å². The topological polar surface area (TPSA) is 38.0 Å². The smallest absolute Gasteiger partial charge is 0.265 e. The van der Waals surface area contributed by atoms with Crippen LogP contribution in [0.15, 0.2) is 12.4 Å². The van der Waals surface area contributed by atoms with Gasteiger partial charge in [-0.3, -0.25) is 0 Å². The average Bonchev–Trinajstić information content (AvgIpc) is 2.48. The molecule has 0 saturated heterocycles. The molecule has 0 bridgehead atoms. The van der Waals surface area contributed by atoms with Crippen LogP contribution in [0, 0.1) is 0 Å². The van der Waals surface area contributed by atoms with E-state index in [4.69, 9.17) is 5.11 Å². The van der Waals surface area contributed by atoms with E-state index >= 15 is 0 Å². The second kappa shape index (κ2) is 3.41. The van der Waals surface area contributed by atoms with E-state index < -0.39 is 12.0 Å². The third kappa shape index (κ3) is 2.03. The van der Waals surface area contributed by atoms with Gasteiger partial charge < -0.3 is 9.67 Å². The summed E-state index contributed by atoms with van der Waals surface area (Å²) in [5, 5.41) is 8.79. The molecule has 0 aliphatic rings. The Labute approximate surface area is 75.0 Å². The van der Waals surface area contributed by atoms with Crippen molar-refractivity contribution in [1.82, 2.24) is 9.55 Å². The highest BCUT2D eigenvalue weighted by Crippen LogP contribution is 2.28. The molecule has 0 aliphatic carbocycles. The first-order valence-corrected chi connectivity index (χ1v) is 3.97. The van der Waals surface area contributed by atoms with Crippen molar-refractivity contribution in [3.8, 4) is 0 Å². The number of nitrogens with zero attached hydrogens (tertiary/aromatic N) is 2. The second-order valence-corrected chi connectivity index (χ2v) is 3.04. The average molecular weight is 190 g/mol. The van der Waals surface area contributed by atoms with Crippen LogP contribution >= 0.6 is 0 Å². The SMILES string of the molecule is C[C@H](n1ccnc1CO)C(C)(F)F. The molecule has 0 saturated carbocycles. The molecule has 1 rings (SSSR count). The van der Waals surface area contributed by atoms with Crippen LogP contribution in [0.4, 0.5) is 8.78 Å². The normalized spacial score (nSPS) is 14.5. The van der Waals surface area contributed by atoms with Gasteiger partial charge in [0, 0.05) is 19.3 Å². The Kier molecular flexibility index (Phi) is 2.66. The summed E-state index contributed by atoms with van der Waals surface area (Å²) in [5.41, 5.74) is 0. The predicted molar refractivity (Wildman–Crippen MR) is 43.5 cm³/mol. The highest BCUT2D eigenvalue weighted by Gasteiger charge is 2.32. The Morgan fingerprint density at radius 1 is 1.69 bits per heavy atom. The van der Waals surface area contributed by atoms with Crippen molar-refractivity contribution in [2.45, 2.75) is 32.4 Å². The summed E-state index contributed by atoms with van der Waals surface area (Å²) in [4.78, 5) is 3.75. The van der Waals surface area contributed by atoms with Crippen molar-refractivity contribution in [1.29, 1.82) is 0 Å². The molecule has 13 heavy (non-hydrogen) atoms. The highest BCUT2D eigenvalue weighted by molar-refractivity contribution is 4.95. The van der Waals surface area contributed by atoms with E-state index in [1.54, 1.807) is 0 Å². The lowest BCUT2D eigenvalue weighted by atomic mass is 10.2. The van der Waals surface area contributed by atoms with Gasteiger partial charge in [0.1, 0.15) is 12.4 Å². The van der Waals surface area contributed by atoms with Crippen LogP contribution in [0.5, 0.6) is 0 Å². The molecular weight excluding hydrogens is 178 g/mol. The first-order valence-electron chi connectivity index (χ1n) is 3.97. The molecule has 3 nitrogen and oxygen atoms in total. The van der Waals surface area contributed by atoms with Crippen molar-refractivity contribution in [3.63, 3.8) is 0 Å². The molecule has 0 spiro atoms. The van der Waals surface area contributed by atoms with E-state index in [0.29, 0.717) is 0 Å². The largest absolute Gasteiger partial charge is 0.388 e. The fourth-order valence-electron chi connectivity index (χ4n) is 1.06. The molecule has 0 unspecified atom stereocenters. The highest BCUT2D eigenvalue weighted by atomic mass is 19.3. The summed E-state index contributed by atoms with van der Waals surface area (Å²) >= 11 is 0. The van der Waals surface area contributed by atoms with Gasteiger partial charge in [-0.05, 0) is 6.92 Å². The standard InChI is InChI=1S/C8H12F2N2O/c1-6(8(2,9)10)12-4-3-11-7(12)5-13/h3-4,6,13H,5H2,1-2H3/t6-/m0/s1. The van der Waals surface area contributed by atoms with Gasteiger partial charge in [-0.1, -0.05) is 0 Å². The maximum absolute atomic E-state index is 12.9. The molecule has 1 atom stereocenters. The van der Waals surface area contributed by atoms with Crippen LogP contribution in [0.25, 0.3) is 0 Å². The molecule has 1 aromatic heterocycles. The van der Waals surface area contributed by atoms with E-state index in [1.165, 1.54) is 23.9 Å². The molecule has 1 aromatic rings. The zero-order valence-corrected chi connectivity index (χ0v) is 7.54. The number of hydrogen-bond acceptors (Lipinski definition) is 2. The number of hydrogen-bond donors (Lipinski definition) is 1. The Morgan fingerprint density at radius 2 is 2.31 bits per heavy atom. The Bertz CT molecular complexity index is 280. The van der Waals surface area contributed by atoms with E-state index in [2.05, 4.69) is 4.98 Å². The van der Waals surface area contributed by atoms with Crippen LogP contribution in [0.2, 0.25) is 0 Å². The van der Waals surface area contributed by atoms with Crippen molar-refractivity contribution >= 4 is 0 Å². The molecule has 1 N–H and O–H groups in total. The van der Waals surface area contributed by atoms with Crippen molar-refractivity contribution in [2.24, 2.45) is 0 Å². The quantitative estimate of drug-likeness (QED) is 0.786. The molecule has 0 aromatic carbocycles. The molecular formula is C8H12F2N2O. The van der Waals surface area contributed by atoms with Gasteiger partial charge in [0.25, 0.3) is 5.92 Å². The van der Waals surface area contributed by atoms with Crippen LogP contribution in [0.3, 0.4) is 0 Å². The van der Waals surface area contributed by atoms with Gasteiger partial charge in [0.2, 0.25) is 0 Å². The summed E-state index contributed by atoms with van der Waals surface area (Å²) in [6.45, 7) is 1.91. The van der Waals surface area contributed by atoms with Crippen LogP contribution in [-0.2, 0) is 6.61 Å². The lowest BCUT2D eigenvalue weighted by Gasteiger charge is -2.21. The Balaban J connectivity index is 2.94. The van der Waals surface area contributed by atoms with Gasteiger partial charge in [-0.25, -0.2) is 13.8 Å². The van der Waals surface area contributed by atoms with Crippen LogP contribution < -0.4 is 0 Å². The van der Waals surface area contributed by atoms with E-state index in [0.717, 1.165) is 6.92 Å². The first kappa shape index (κ1) is 10.1. The summed E-state index contributed by atoms with van der Waals surface area (Å²) in [6.07, 6.45) is 2.83. The summed E-state index contributed by atoms with van der Waals surface area (Å²) in [5.74, 6) is -2.56. The minimum atomic E-state index is -2.81. The van der Waals surface area contributed by atoms with Gasteiger partial charge in [0.05, 0.1) is 6.04 Å². The second-order valence-electron chi connectivity index (χ2n) is 3.04. The minimum absolute atomic E-state index is 0.258. The predicted octanol–water partition coefficient (Wildman–Crippen LogP) is 1.59. The number of aromatic nitrogens is 2. The maximum atomic E-state index is 12.9. The lowest BCUT2D eigenvalue weighted by molar-refractivity contribution is -0.0276. The fourth-order valence-corrected chi connectivity index (χ4v) is 1.06. The molecule has 74 valence electrons. The third-order valence-electron chi connectivity index (χ3n) is 2.04. The molecule has 0 amide bonds. The van der Waals surface area contributed by atoms with E-state index in [-0.39, 0.29) is 12.4 Å². The number of alkyl halides is 2. The molecule has 5 heteroatoms. The lowest BCUT2D eigenvalue weighted by Crippen LogP contribution is -2.26. The molecule has 0 radical (unpaired) electrons. The number of aliphatic hydroxyl groups is 1. The zero-order valence-electron chi connectivity index (χ0n) is 7.54. The van der Waals surface area contributed by atoms with Crippen LogP contribution in [-0.4, -0.2) is 20.6 Å². The first-order chi connectivity index (χ1) is 5.96. The summed E-state index contributed by atoms with van der Waals surface area (Å²) in [7, 11) is 0. The van der Waals surface area contributed by atoms with E-state index in [1.807, 2.05) is 0 Å². The third-order valence-corrected chi connectivity index (χ3v) is 2.04. The monoisotopic (exact) mass is 190 g/mol. The molecule has 0 aliphatic heterocycles. The van der Waals surface area contributed by atoms with Crippen LogP contribution in [0.1, 0.15) is 25.7 Å². The summed E-state index contributed by atoms with van der Waals surface area (Å²) in [6, 6.07) is -0.989. The van der Waals surface area contributed by atoms with Crippen molar-refractivity contribution in [2.75, 3.05) is 0 Å². The zero-order chi connectivity index (χ0) is 10.1. The van der Waals surface area contributed by atoms with Gasteiger partial charge in [-0.2, -0.15) is 0 Å².